The van der Waals surface area contributed by atoms with Gasteiger partial charge in [0.2, 0.25) is 5.88 Å². The highest BCUT2D eigenvalue weighted by atomic mass is 16.6. The van der Waals surface area contributed by atoms with E-state index in [1.54, 1.807) is 12.1 Å². The van der Waals surface area contributed by atoms with Crippen LogP contribution in [-0.2, 0) is 0 Å². The second-order valence-corrected chi connectivity index (χ2v) is 6.17. The van der Waals surface area contributed by atoms with Crippen LogP contribution in [0, 0.1) is 21.4 Å². The Hall–Kier alpha value is -3.53. The average molecular weight is 364 g/mol. The minimum Gasteiger partial charge on any atom is -0.440 e. The van der Waals surface area contributed by atoms with Crippen molar-refractivity contribution in [2.24, 2.45) is 5.73 Å². The number of nitro groups is 1. The Morgan fingerprint density at radius 1 is 1.26 bits per heavy atom. The van der Waals surface area contributed by atoms with Crippen molar-refractivity contribution in [3.63, 3.8) is 0 Å². The van der Waals surface area contributed by atoms with Gasteiger partial charge < -0.3 is 15.4 Å². The molecule has 0 saturated heterocycles. The monoisotopic (exact) mass is 364 g/mol. The highest BCUT2D eigenvalue weighted by molar-refractivity contribution is 5.62. The number of fused-ring (bicyclic) bond motifs is 1. The summed E-state index contributed by atoms with van der Waals surface area (Å²) in [6.07, 6.45) is 0. The summed E-state index contributed by atoms with van der Waals surface area (Å²) >= 11 is 0. The molecule has 0 unspecified atom stereocenters. The lowest BCUT2D eigenvalue weighted by molar-refractivity contribution is -0.384. The summed E-state index contributed by atoms with van der Waals surface area (Å²) in [6, 6.07) is 14.1. The van der Waals surface area contributed by atoms with Gasteiger partial charge in [-0.1, -0.05) is 18.2 Å². The molecular weight excluding hydrogens is 344 g/mol. The fraction of sp³-hybridized carbons (Fsp3) is 0.250. The minimum absolute atomic E-state index is 0.0261. The lowest BCUT2D eigenvalue weighted by atomic mass is 9.83. The third-order valence-electron chi connectivity index (χ3n) is 4.75. The van der Waals surface area contributed by atoms with Crippen LogP contribution in [0.4, 0.5) is 11.4 Å². The van der Waals surface area contributed by atoms with Crippen molar-refractivity contribution in [2.45, 2.75) is 19.8 Å². The first-order valence-electron chi connectivity index (χ1n) is 8.70. The van der Waals surface area contributed by atoms with Gasteiger partial charge in [-0.25, -0.2) is 0 Å². The summed E-state index contributed by atoms with van der Waals surface area (Å²) in [6.45, 7) is 5.83. The van der Waals surface area contributed by atoms with Gasteiger partial charge in [-0.2, -0.15) is 5.26 Å². The van der Waals surface area contributed by atoms with Gasteiger partial charge in [0, 0.05) is 42.5 Å². The average Bonchev–Trinajstić information content (AvgIpc) is 2.67. The van der Waals surface area contributed by atoms with Gasteiger partial charge in [0.15, 0.2) is 0 Å². The number of benzene rings is 2. The number of nitrogens with zero attached hydrogens (tertiary/aromatic N) is 3. The molecule has 7 heteroatoms. The van der Waals surface area contributed by atoms with E-state index in [0.29, 0.717) is 11.3 Å². The molecule has 0 saturated carbocycles. The number of rotatable bonds is 5. The SMILES string of the molecule is CCN(CC)c1ccc2c(c1)OC(N)=C(C#N)[C@@H]2c1cccc([N+](=O)[O-])c1. The summed E-state index contributed by atoms with van der Waals surface area (Å²) in [4.78, 5) is 12.9. The Bertz CT molecular complexity index is 958. The van der Waals surface area contributed by atoms with E-state index >= 15 is 0 Å². The molecule has 2 aromatic rings. The van der Waals surface area contributed by atoms with Crippen LogP contribution in [0.3, 0.4) is 0 Å². The second-order valence-electron chi connectivity index (χ2n) is 6.17. The van der Waals surface area contributed by atoms with Crippen molar-refractivity contribution in [1.29, 1.82) is 5.26 Å². The van der Waals surface area contributed by atoms with Gasteiger partial charge in [-0.05, 0) is 25.5 Å². The summed E-state index contributed by atoms with van der Waals surface area (Å²) in [5.41, 5.74) is 8.61. The maximum atomic E-state index is 11.2. The molecule has 1 aliphatic rings. The largest absolute Gasteiger partial charge is 0.440 e. The maximum absolute atomic E-state index is 11.2. The Labute approximate surface area is 157 Å². The number of hydrogen-bond donors (Lipinski definition) is 1. The molecule has 0 bridgehead atoms. The van der Waals surface area contributed by atoms with Gasteiger partial charge in [0.05, 0.1) is 10.8 Å². The number of ether oxygens (including phenoxy) is 1. The van der Waals surface area contributed by atoms with Crippen LogP contribution in [0.15, 0.2) is 53.9 Å². The first-order valence-corrected chi connectivity index (χ1v) is 8.70. The highest BCUT2D eigenvalue weighted by Crippen LogP contribution is 2.43. The Morgan fingerprint density at radius 2 is 2.00 bits per heavy atom. The Balaban J connectivity index is 2.15. The molecule has 0 aromatic heterocycles. The molecule has 3 rings (SSSR count). The number of anilines is 1. The first kappa shape index (κ1) is 18.3. The summed E-state index contributed by atoms with van der Waals surface area (Å²) in [5.74, 6) is 0.0787. The zero-order valence-corrected chi connectivity index (χ0v) is 15.2. The van der Waals surface area contributed by atoms with E-state index in [2.05, 4.69) is 24.8 Å². The smallest absolute Gasteiger partial charge is 0.269 e. The van der Waals surface area contributed by atoms with Gasteiger partial charge in [0.1, 0.15) is 17.4 Å². The van der Waals surface area contributed by atoms with E-state index in [1.165, 1.54) is 12.1 Å². The standard InChI is InChI=1S/C20H20N4O3/c1-3-23(4-2)14-8-9-16-18(11-14)27-20(22)17(12-21)19(16)13-6-5-7-15(10-13)24(25)26/h5-11,19H,3-4,22H2,1-2H3/t19-/m1/s1. The van der Waals surface area contributed by atoms with Crippen molar-refractivity contribution in [2.75, 3.05) is 18.0 Å². The lowest BCUT2D eigenvalue weighted by Gasteiger charge is -2.28. The van der Waals surface area contributed by atoms with Gasteiger partial charge in [-0.3, -0.25) is 10.1 Å². The number of non-ortho nitro benzene ring substituents is 1. The lowest BCUT2D eigenvalue weighted by Crippen LogP contribution is -2.24. The zero-order chi connectivity index (χ0) is 19.6. The molecule has 2 N–H and O–H groups in total. The fourth-order valence-corrected chi connectivity index (χ4v) is 3.39. The van der Waals surface area contributed by atoms with Gasteiger partial charge in [-0.15, -0.1) is 0 Å². The first-order chi connectivity index (χ1) is 13.0. The Kier molecular flexibility index (Phi) is 4.99. The fourth-order valence-electron chi connectivity index (χ4n) is 3.39. The normalized spacial score (nSPS) is 15.5. The molecule has 1 atom stereocenters. The maximum Gasteiger partial charge on any atom is 0.269 e. The summed E-state index contributed by atoms with van der Waals surface area (Å²) in [7, 11) is 0. The van der Waals surface area contributed by atoms with Crippen molar-refractivity contribution < 1.29 is 9.66 Å². The van der Waals surface area contributed by atoms with Crippen LogP contribution in [-0.4, -0.2) is 18.0 Å². The molecule has 1 heterocycles. The van der Waals surface area contributed by atoms with Crippen LogP contribution in [0.2, 0.25) is 0 Å². The summed E-state index contributed by atoms with van der Waals surface area (Å²) in [5, 5.41) is 20.8. The molecule has 7 nitrogen and oxygen atoms in total. The van der Waals surface area contributed by atoms with E-state index in [1.807, 2.05) is 18.2 Å². The molecule has 0 radical (unpaired) electrons. The van der Waals surface area contributed by atoms with E-state index in [9.17, 15) is 15.4 Å². The molecule has 138 valence electrons. The number of allylic oxidation sites excluding steroid dienone is 1. The topological polar surface area (TPSA) is 105 Å². The summed E-state index contributed by atoms with van der Waals surface area (Å²) < 4.78 is 5.72. The third-order valence-corrected chi connectivity index (χ3v) is 4.75. The predicted octanol–water partition coefficient (Wildman–Crippen LogP) is 3.66. The molecule has 27 heavy (non-hydrogen) atoms. The van der Waals surface area contributed by atoms with Gasteiger partial charge >= 0.3 is 0 Å². The Morgan fingerprint density at radius 3 is 2.63 bits per heavy atom. The quantitative estimate of drug-likeness (QED) is 0.641. The van der Waals surface area contributed by atoms with Crippen LogP contribution >= 0.6 is 0 Å². The molecule has 1 aliphatic heterocycles. The molecule has 2 aromatic carbocycles. The predicted molar refractivity (Wildman–Crippen MR) is 102 cm³/mol. The molecule has 0 aliphatic carbocycles. The number of hydrogen-bond acceptors (Lipinski definition) is 6. The van der Waals surface area contributed by atoms with Crippen LogP contribution in [0.25, 0.3) is 0 Å². The van der Waals surface area contributed by atoms with Crippen molar-refractivity contribution in [3.8, 4) is 11.8 Å². The zero-order valence-electron chi connectivity index (χ0n) is 15.2. The van der Waals surface area contributed by atoms with Crippen LogP contribution < -0.4 is 15.4 Å². The molecule has 0 fully saturated rings. The second kappa shape index (κ2) is 7.38. The minimum atomic E-state index is -0.510. The van der Waals surface area contributed by atoms with Crippen molar-refractivity contribution in [3.05, 3.63) is 75.2 Å². The third kappa shape index (κ3) is 3.29. The van der Waals surface area contributed by atoms with E-state index in [0.717, 1.165) is 24.3 Å². The number of nitrogens with two attached hydrogens (primary N) is 1. The number of nitro benzene ring substituents is 1. The van der Waals surface area contributed by atoms with Gasteiger partial charge in [0.25, 0.3) is 5.69 Å². The van der Waals surface area contributed by atoms with Crippen LogP contribution in [0.5, 0.6) is 5.75 Å². The molecular formula is C20H20N4O3. The van der Waals surface area contributed by atoms with E-state index in [-0.39, 0.29) is 17.1 Å². The van der Waals surface area contributed by atoms with E-state index < -0.39 is 10.8 Å². The van der Waals surface area contributed by atoms with Crippen LogP contribution in [0.1, 0.15) is 30.9 Å². The van der Waals surface area contributed by atoms with E-state index in [4.69, 9.17) is 10.5 Å². The molecule has 0 amide bonds. The van der Waals surface area contributed by atoms with Crippen molar-refractivity contribution in [1.82, 2.24) is 0 Å². The molecule has 0 spiro atoms. The highest BCUT2D eigenvalue weighted by Gasteiger charge is 2.31. The van der Waals surface area contributed by atoms with Crippen molar-refractivity contribution >= 4 is 11.4 Å². The number of nitriles is 1.